The van der Waals surface area contributed by atoms with Crippen molar-refractivity contribution in [3.05, 3.63) is 34.3 Å². The van der Waals surface area contributed by atoms with Crippen molar-refractivity contribution in [3.63, 3.8) is 0 Å². The highest BCUT2D eigenvalue weighted by Crippen LogP contribution is 2.34. The third kappa shape index (κ3) is 6.02. The molecular formula is C14H20Cl2F3NO. The van der Waals surface area contributed by atoms with Gasteiger partial charge in [-0.2, -0.15) is 13.2 Å². The number of hydrogen-bond acceptors (Lipinski definition) is 2. The molecule has 0 aliphatic heterocycles. The van der Waals surface area contributed by atoms with Gasteiger partial charge in [-0.1, -0.05) is 25.4 Å². The van der Waals surface area contributed by atoms with E-state index in [-0.39, 0.29) is 23.0 Å². The molecule has 21 heavy (non-hydrogen) atoms. The summed E-state index contributed by atoms with van der Waals surface area (Å²) >= 11 is 5.89. The van der Waals surface area contributed by atoms with Crippen molar-refractivity contribution in [2.75, 3.05) is 0 Å². The molecule has 3 N–H and O–H groups in total. The van der Waals surface area contributed by atoms with E-state index in [1.54, 1.807) is 0 Å². The van der Waals surface area contributed by atoms with Crippen LogP contribution in [0.5, 0.6) is 0 Å². The Hall–Kier alpha value is -0.490. The third-order valence-corrected chi connectivity index (χ3v) is 3.48. The number of rotatable bonds is 5. The van der Waals surface area contributed by atoms with E-state index >= 15 is 0 Å². The molecule has 0 heterocycles. The Morgan fingerprint density at radius 1 is 1.24 bits per heavy atom. The topological polar surface area (TPSA) is 46.2 Å². The number of halogens is 5. The SMILES string of the molecule is CC(C)CC[C@@H](O)[C@@H](N)c1cc(C(F)(F)F)ccc1Cl.Cl. The van der Waals surface area contributed by atoms with Gasteiger partial charge in [0, 0.05) is 5.02 Å². The maximum atomic E-state index is 12.7. The van der Waals surface area contributed by atoms with Crippen molar-refractivity contribution >= 4 is 24.0 Å². The second kappa shape index (κ2) is 8.22. The lowest BCUT2D eigenvalue weighted by atomic mass is 9.95. The Labute approximate surface area is 133 Å². The summed E-state index contributed by atoms with van der Waals surface area (Å²) in [6.45, 7) is 3.99. The second-order valence-electron chi connectivity index (χ2n) is 5.30. The normalized spacial score (nSPS) is 14.7. The van der Waals surface area contributed by atoms with E-state index in [9.17, 15) is 18.3 Å². The first kappa shape index (κ1) is 20.5. The zero-order chi connectivity index (χ0) is 15.5. The minimum atomic E-state index is -4.46. The fourth-order valence-electron chi connectivity index (χ4n) is 1.87. The first-order valence-corrected chi connectivity index (χ1v) is 6.81. The molecular weight excluding hydrogens is 326 g/mol. The third-order valence-electron chi connectivity index (χ3n) is 3.14. The summed E-state index contributed by atoms with van der Waals surface area (Å²) in [7, 11) is 0. The fourth-order valence-corrected chi connectivity index (χ4v) is 2.11. The molecule has 0 saturated carbocycles. The number of hydrogen-bond donors (Lipinski definition) is 2. The molecule has 0 radical (unpaired) electrons. The monoisotopic (exact) mass is 345 g/mol. The second-order valence-corrected chi connectivity index (χ2v) is 5.71. The summed E-state index contributed by atoms with van der Waals surface area (Å²) in [6, 6.07) is 2.04. The molecule has 0 aromatic heterocycles. The predicted molar refractivity (Wildman–Crippen MR) is 80.7 cm³/mol. The molecule has 1 aromatic rings. The predicted octanol–water partition coefficient (Wildman–Crippen LogP) is 4.58. The molecule has 1 aromatic carbocycles. The highest BCUT2D eigenvalue weighted by atomic mass is 35.5. The van der Waals surface area contributed by atoms with Crippen LogP contribution < -0.4 is 5.73 Å². The fraction of sp³-hybridized carbons (Fsp3) is 0.571. The van der Waals surface area contributed by atoms with E-state index in [1.807, 2.05) is 13.8 Å². The summed E-state index contributed by atoms with van der Waals surface area (Å²) in [5.41, 5.74) is 5.14. The van der Waals surface area contributed by atoms with Gasteiger partial charge in [0.25, 0.3) is 0 Å². The van der Waals surface area contributed by atoms with Gasteiger partial charge in [0.2, 0.25) is 0 Å². The van der Waals surface area contributed by atoms with Crippen LogP contribution in [0.1, 0.15) is 43.9 Å². The average Bonchev–Trinajstić information content (AvgIpc) is 2.34. The van der Waals surface area contributed by atoms with Gasteiger partial charge in [-0.25, -0.2) is 0 Å². The molecule has 1 rings (SSSR count). The van der Waals surface area contributed by atoms with Crippen molar-refractivity contribution in [3.8, 4) is 0 Å². The molecule has 0 fully saturated rings. The summed E-state index contributed by atoms with van der Waals surface area (Å²) in [5, 5.41) is 10.1. The summed E-state index contributed by atoms with van der Waals surface area (Å²) in [5.74, 6) is 0.383. The quantitative estimate of drug-likeness (QED) is 0.820. The van der Waals surface area contributed by atoms with Crippen LogP contribution in [0.25, 0.3) is 0 Å². The minimum absolute atomic E-state index is 0. The number of aliphatic hydroxyl groups excluding tert-OH is 1. The number of aliphatic hydroxyl groups is 1. The van der Waals surface area contributed by atoms with Crippen LogP contribution in [-0.2, 0) is 6.18 Å². The van der Waals surface area contributed by atoms with Crippen LogP contribution >= 0.6 is 24.0 Å². The van der Waals surface area contributed by atoms with Crippen molar-refractivity contribution in [2.45, 2.75) is 45.0 Å². The highest BCUT2D eigenvalue weighted by Gasteiger charge is 2.32. The average molecular weight is 346 g/mol. The Balaban J connectivity index is 0.00000400. The zero-order valence-corrected chi connectivity index (χ0v) is 13.4. The Bertz CT molecular complexity index is 452. The van der Waals surface area contributed by atoms with Gasteiger partial charge >= 0.3 is 6.18 Å². The van der Waals surface area contributed by atoms with E-state index in [4.69, 9.17) is 17.3 Å². The standard InChI is InChI=1S/C14H19ClF3NO.ClH/c1-8(2)3-6-12(20)13(19)10-7-9(14(16,17)18)4-5-11(10)15;/h4-5,7-8,12-13,20H,3,6,19H2,1-2H3;1H/t12-,13+;/m1./s1. The van der Waals surface area contributed by atoms with Gasteiger partial charge in [-0.15, -0.1) is 12.4 Å². The summed E-state index contributed by atoms with van der Waals surface area (Å²) in [4.78, 5) is 0. The molecule has 0 amide bonds. The maximum Gasteiger partial charge on any atom is 0.416 e. The van der Waals surface area contributed by atoms with Gasteiger partial charge in [-0.05, 0) is 42.5 Å². The summed E-state index contributed by atoms with van der Waals surface area (Å²) < 4.78 is 38.0. The van der Waals surface area contributed by atoms with Crippen molar-refractivity contribution in [2.24, 2.45) is 11.7 Å². The largest absolute Gasteiger partial charge is 0.416 e. The van der Waals surface area contributed by atoms with Crippen LogP contribution in [0.3, 0.4) is 0 Å². The molecule has 0 aliphatic carbocycles. The Kier molecular flexibility index (Phi) is 8.03. The van der Waals surface area contributed by atoms with E-state index in [1.165, 1.54) is 0 Å². The summed E-state index contributed by atoms with van der Waals surface area (Å²) in [6.07, 6.45) is -4.21. The van der Waals surface area contributed by atoms with E-state index < -0.39 is 23.9 Å². The van der Waals surface area contributed by atoms with Crippen molar-refractivity contribution in [1.29, 1.82) is 0 Å². The van der Waals surface area contributed by atoms with Gasteiger partial charge in [0.15, 0.2) is 0 Å². The van der Waals surface area contributed by atoms with Crippen LogP contribution in [0, 0.1) is 5.92 Å². The van der Waals surface area contributed by atoms with Crippen LogP contribution in [-0.4, -0.2) is 11.2 Å². The van der Waals surface area contributed by atoms with Gasteiger partial charge in [0.05, 0.1) is 17.7 Å². The Morgan fingerprint density at radius 3 is 2.29 bits per heavy atom. The first-order valence-electron chi connectivity index (χ1n) is 6.43. The van der Waals surface area contributed by atoms with E-state index in [0.717, 1.165) is 24.6 Å². The lowest BCUT2D eigenvalue weighted by Crippen LogP contribution is -2.27. The molecule has 0 bridgehead atoms. The van der Waals surface area contributed by atoms with Gasteiger partial charge in [0.1, 0.15) is 0 Å². The van der Waals surface area contributed by atoms with Gasteiger partial charge in [-0.3, -0.25) is 0 Å². The minimum Gasteiger partial charge on any atom is -0.391 e. The van der Waals surface area contributed by atoms with Gasteiger partial charge < -0.3 is 10.8 Å². The molecule has 7 heteroatoms. The number of alkyl halides is 3. The molecule has 0 unspecified atom stereocenters. The van der Waals surface area contributed by atoms with Crippen molar-refractivity contribution < 1.29 is 18.3 Å². The molecule has 0 aliphatic rings. The van der Waals surface area contributed by atoms with Crippen LogP contribution in [0.2, 0.25) is 5.02 Å². The van der Waals surface area contributed by atoms with Crippen LogP contribution in [0.4, 0.5) is 13.2 Å². The van der Waals surface area contributed by atoms with Crippen LogP contribution in [0.15, 0.2) is 18.2 Å². The van der Waals surface area contributed by atoms with Crippen molar-refractivity contribution in [1.82, 2.24) is 0 Å². The zero-order valence-electron chi connectivity index (χ0n) is 11.8. The molecule has 0 spiro atoms. The lowest BCUT2D eigenvalue weighted by Gasteiger charge is -2.22. The Morgan fingerprint density at radius 2 is 1.81 bits per heavy atom. The molecule has 2 nitrogen and oxygen atoms in total. The van der Waals surface area contributed by atoms with E-state index in [2.05, 4.69) is 0 Å². The number of benzene rings is 1. The maximum absolute atomic E-state index is 12.7. The highest BCUT2D eigenvalue weighted by molar-refractivity contribution is 6.31. The number of nitrogens with two attached hydrogens (primary N) is 1. The first-order chi connectivity index (χ1) is 9.12. The molecule has 122 valence electrons. The molecule has 0 saturated heterocycles. The smallest absolute Gasteiger partial charge is 0.391 e. The lowest BCUT2D eigenvalue weighted by molar-refractivity contribution is -0.137. The molecule has 2 atom stereocenters. The van der Waals surface area contributed by atoms with E-state index in [0.29, 0.717) is 12.3 Å².